The minimum absolute atomic E-state index is 0.0859. The lowest BCUT2D eigenvalue weighted by Crippen LogP contribution is -2.43. The molecule has 1 aromatic carbocycles. The lowest BCUT2D eigenvalue weighted by atomic mass is 9.93. The maximum Gasteiger partial charge on any atom is 0.416 e. The van der Waals surface area contributed by atoms with E-state index in [0.717, 1.165) is 16.7 Å². The molecule has 2 aromatic heterocycles. The lowest BCUT2D eigenvalue weighted by Gasteiger charge is -2.29. The fraction of sp³-hybridized carbons (Fsp3) is 0.455. The monoisotopic (exact) mass is 514 g/mol. The van der Waals surface area contributed by atoms with Crippen LogP contribution in [0.5, 0.6) is 0 Å². The lowest BCUT2D eigenvalue weighted by molar-refractivity contribution is -0.171. The van der Waals surface area contributed by atoms with Gasteiger partial charge >= 0.3 is 12.8 Å². The second-order valence-electron chi connectivity index (χ2n) is 8.50. The number of aryl methyl sites for hydroxylation is 1. The van der Waals surface area contributed by atoms with Crippen molar-refractivity contribution in [3.63, 3.8) is 0 Å². The van der Waals surface area contributed by atoms with Crippen molar-refractivity contribution in [2.24, 2.45) is 7.05 Å². The van der Waals surface area contributed by atoms with Crippen molar-refractivity contribution < 1.29 is 31.5 Å². The topological polar surface area (TPSA) is 103 Å². The van der Waals surface area contributed by atoms with Crippen LogP contribution in [0.25, 0.3) is 11.0 Å². The van der Waals surface area contributed by atoms with Gasteiger partial charge in [-0.1, -0.05) is 0 Å². The van der Waals surface area contributed by atoms with Gasteiger partial charge < -0.3 is 15.4 Å². The van der Waals surface area contributed by atoms with E-state index >= 15 is 0 Å². The number of fused-ring (bicyclic) bond motifs is 1. The van der Waals surface area contributed by atoms with E-state index in [1.807, 2.05) is 0 Å². The van der Waals surface area contributed by atoms with E-state index in [1.54, 1.807) is 0 Å². The molecule has 0 aliphatic heterocycles. The highest BCUT2D eigenvalue weighted by Crippen LogP contribution is 2.31. The summed E-state index contributed by atoms with van der Waals surface area (Å²) in [6.07, 6.45) is -1.96. The zero-order valence-electron chi connectivity index (χ0n) is 19.1. The Hall–Kier alpha value is -3.55. The van der Waals surface area contributed by atoms with Crippen molar-refractivity contribution >= 4 is 28.4 Å². The van der Waals surface area contributed by atoms with Gasteiger partial charge in [0.05, 0.1) is 18.0 Å². The van der Waals surface area contributed by atoms with Gasteiger partial charge in [-0.15, -0.1) is 0 Å². The zero-order chi connectivity index (χ0) is 26.0. The van der Waals surface area contributed by atoms with Gasteiger partial charge in [0, 0.05) is 18.8 Å². The van der Waals surface area contributed by atoms with Crippen molar-refractivity contribution in [1.29, 1.82) is 0 Å². The number of carbonyl (C=O) groups excluding carboxylic acids is 1. The molecule has 9 nitrogen and oxygen atoms in total. The van der Waals surface area contributed by atoms with Crippen LogP contribution in [0.3, 0.4) is 0 Å². The number of ether oxygens (including phenoxy) is 1. The van der Waals surface area contributed by atoms with Crippen molar-refractivity contribution in [2.45, 2.75) is 57.2 Å². The Morgan fingerprint density at radius 3 is 2.61 bits per heavy atom. The SMILES string of the molecule is Cn1nc(Nc2ccc(C(F)(F)F)cc2)c2ncn(CC(=O)NC3CCCC(OC(F)F)C3)c(=O)c21. The zero-order valence-corrected chi connectivity index (χ0v) is 19.1. The third-order valence-corrected chi connectivity index (χ3v) is 5.89. The molecule has 14 heteroatoms. The van der Waals surface area contributed by atoms with E-state index in [-0.39, 0.29) is 35.9 Å². The number of hydrogen-bond donors (Lipinski definition) is 2. The Balaban J connectivity index is 1.46. The van der Waals surface area contributed by atoms with Crippen molar-refractivity contribution in [3.05, 3.63) is 46.5 Å². The fourth-order valence-electron chi connectivity index (χ4n) is 4.24. The fourth-order valence-corrected chi connectivity index (χ4v) is 4.24. The van der Waals surface area contributed by atoms with Crippen LogP contribution in [0.15, 0.2) is 35.4 Å². The summed E-state index contributed by atoms with van der Waals surface area (Å²) in [4.78, 5) is 29.7. The first-order valence-electron chi connectivity index (χ1n) is 11.1. The van der Waals surface area contributed by atoms with E-state index in [4.69, 9.17) is 0 Å². The van der Waals surface area contributed by atoms with Crippen molar-refractivity contribution in [2.75, 3.05) is 5.32 Å². The molecule has 2 N–H and O–H groups in total. The number of nitrogens with one attached hydrogen (secondary N) is 2. The molecule has 2 atom stereocenters. The summed E-state index contributed by atoms with van der Waals surface area (Å²) >= 11 is 0. The Bertz CT molecular complexity index is 1290. The summed E-state index contributed by atoms with van der Waals surface area (Å²) in [5.41, 5.74) is -0.771. The molecule has 4 rings (SSSR count). The highest BCUT2D eigenvalue weighted by Gasteiger charge is 2.30. The number of anilines is 2. The Kier molecular flexibility index (Phi) is 7.24. The van der Waals surface area contributed by atoms with Crippen LogP contribution in [0.1, 0.15) is 31.2 Å². The quantitative estimate of drug-likeness (QED) is 0.468. The number of carbonyl (C=O) groups is 1. The predicted octanol–water partition coefficient (Wildman–Crippen LogP) is 3.56. The maximum absolute atomic E-state index is 13.0. The van der Waals surface area contributed by atoms with Crippen LogP contribution in [0, 0.1) is 0 Å². The van der Waals surface area contributed by atoms with Crippen LogP contribution in [0.4, 0.5) is 33.5 Å². The third-order valence-electron chi connectivity index (χ3n) is 5.89. The average Bonchev–Trinajstić information content (AvgIpc) is 3.10. The standard InChI is InChI=1S/C22H23F5N6O3/c1-32-18-17(19(31-32)30-13-7-5-12(6-8-13)22(25,26)27)28-11-33(20(18)35)10-16(34)29-14-3-2-4-15(9-14)36-21(23)24/h5-8,11,14-15,21H,2-4,9-10H2,1H3,(H,29,34)(H,30,31). The first-order valence-corrected chi connectivity index (χ1v) is 11.1. The molecule has 2 heterocycles. The van der Waals surface area contributed by atoms with Gasteiger partial charge in [-0.25, -0.2) is 4.98 Å². The number of alkyl halides is 5. The number of hydrogen-bond acceptors (Lipinski definition) is 6. The molecular weight excluding hydrogens is 491 g/mol. The third kappa shape index (κ3) is 5.80. The minimum atomic E-state index is -4.46. The van der Waals surface area contributed by atoms with Crippen LogP contribution in [-0.4, -0.2) is 44.0 Å². The average molecular weight is 514 g/mol. The normalized spacial score (nSPS) is 18.5. The first-order chi connectivity index (χ1) is 17.0. The number of rotatable bonds is 7. The van der Waals surface area contributed by atoms with E-state index < -0.39 is 35.9 Å². The molecule has 1 aliphatic carbocycles. The number of aromatic nitrogens is 4. The van der Waals surface area contributed by atoms with Gasteiger partial charge in [-0.2, -0.15) is 27.1 Å². The van der Waals surface area contributed by atoms with Gasteiger partial charge in [-0.3, -0.25) is 18.8 Å². The molecule has 1 amide bonds. The molecule has 0 spiro atoms. The second kappa shape index (κ2) is 10.2. The Morgan fingerprint density at radius 1 is 1.22 bits per heavy atom. The van der Waals surface area contributed by atoms with E-state index in [0.29, 0.717) is 24.9 Å². The summed E-state index contributed by atoms with van der Waals surface area (Å²) in [5, 5.41) is 9.79. The summed E-state index contributed by atoms with van der Waals surface area (Å²) < 4.78 is 70.2. The van der Waals surface area contributed by atoms with Crippen LogP contribution >= 0.6 is 0 Å². The minimum Gasteiger partial charge on any atom is -0.352 e. The summed E-state index contributed by atoms with van der Waals surface area (Å²) in [7, 11) is 1.50. The van der Waals surface area contributed by atoms with Gasteiger partial charge in [-0.05, 0) is 49.9 Å². The maximum atomic E-state index is 13.0. The van der Waals surface area contributed by atoms with Crippen molar-refractivity contribution in [3.8, 4) is 0 Å². The highest BCUT2D eigenvalue weighted by atomic mass is 19.4. The largest absolute Gasteiger partial charge is 0.416 e. The molecule has 3 aromatic rings. The van der Waals surface area contributed by atoms with Crippen molar-refractivity contribution in [1.82, 2.24) is 24.6 Å². The van der Waals surface area contributed by atoms with Gasteiger partial charge in [0.2, 0.25) is 5.91 Å². The first kappa shape index (κ1) is 25.5. The summed E-state index contributed by atoms with van der Waals surface area (Å²) in [6.45, 7) is -3.22. The number of nitrogens with zero attached hydrogens (tertiary/aromatic N) is 4. The molecule has 1 fully saturated rings. The molecular formula is C22H23F5N6O3. The second-order valence-corrected chi connectivity index (χ2v) is 8.50. The van der Waals surface area contributed by atoms with E-state index in [1.165, 1.54) is 30.2 Å². The molecule has 194 valence electrons. The molecule has 1 saturated carbocycles. The predicted molar refractivity (Wildman–Crippen MR) is 119 cm³/mol. The molecule has 0 radical (unpaired) electrons. The van der Waals surface area contributed by atoms with Gasteiger partial charge in [0.1, 0.15) is 12.1 Å². The highest BCUT2D eigenvalue weighted by molar-refractivity contribution is 5.87. The number of benzene rings is 1. The molecule has 0 saturated heterocycles. The van der Waals surface area contributed by atoms with Crippen LogP contribution in [0.2, 0.25) is 0 Å². The van der Waals surface area contributed by atoms with Crippen LogP contribution < -0.4 is 16.2 Å². The van der Waals surface area contributed by atoms with E-state index in [2.05, 4.69) is 25.5 Å². The van der Waals surface area contributed by atoms with Crippen LogP contribution in [-0.2, 0) is 29.3 Å². The van der Waals surface area contributed by atoms with E-state index in [9.17, 15) is 31.5 Å². The smallest absolute Gasteiger partial charge is 0.352 e. The van der Waals surface area contributed by atoms with Gasteiger partial charge in [0.15, 0.2) is 11.3 Å². The Labute approximate surface area is 201 Å². The number of halogens is 5. The number of amides is 1. The molecule has 2 unspecified atom stereocenters. The Morgan fingerprint density at radius 2 is 1.94 bits per heavy atom. The van der Waals surface area contributed by atoms with Gasteiger partial charge in [0.25, 0.3) is 5.56 Å². The molecule has 36 heavy (non-hydrogen) atoms. The molecule has 0 bridgehead atoms. The summed E-state index contributed by atoms with van der Waals surface area (Å²) in [5.74, 6) is -0.320. The molecule has 1 aliphatic rings. The summed E-state index contributed by atoms with van der Waals surface area (Å²) in [6, 6.07) is 3.95.